The fourth-order valence-corrected chi connectivity index (χ4v) is 2.57. The van der Waals surface area contributed by atoms with Gasteiger partial charge in [0, 0.05) is 30.3 Å². The first-order valence-corrected chi connectivity index (χ1v) is 6.57. The molecule has 1 aromatic rings. The van der Waals surface area contributed by atoms with E-state index in [1.807, 2.05) is 0 Å². The molecule has 0 aromatic heterocycles. The van der Waals surface area contributed by atoms with E-state index >= 15 is 0 Å². The normalized spacial score (nSPS) is 22.6. The van der Waals surface area contributed by atoms with E-state index in [1.165, 1.54) is 18.2 Å². The first-order valence-electron chi connectivity index (χ1n) is 6.57. The van der Waals surface area contributed by atoms with Crippen molar-refractivity contribution in [2.24, 2.45) is 0 Å². The Kier molecular flexibility index (Phi) is 3.76. The third-order valence-corrected chi connectivity index (χ3v) is 3.60. The quantitative estimate of drug-likeness (QED) is 0.661. The fraction of sp³-hybridized carbons (Fsp3) is 0.500. The Morgan fingerprint density at radius 3 is 2.75 bits per heavy atom. The molecule has 1 atom stereocenters. The molecule has 1 aliphatic rings. The Morgan fingerprint density at radius 2 is 2.20 bits per heavy atom. The average molecular weight is 278 g/mol. The molecule has 2 rings (SSSR count). The molecule has 0 bridgehead atoms. The molecule has 1 aromatic carbocycles. The zero-order valence-corrected chi connectivity index (χ0v) is 11.6. The van der Waals surface area contributed by atoms with E-state index in [0.29, 0.717) is 30.6 Å². The summed E-state index contributed by atoms with van der Waals surface area (Å²) >= 11 is 0. The van der Waals surface area contributed by atoms with Crippen molar-refractivity contribution in [2.45, 2.75) is 32.3 Å². The number of benzene rings is 1. The number of aryl methyl sites for hydroxylation is 1. The number of β-amino-alcohol motifs (C(OH)–C–C–N with tert-alkyl or cyclic N) is 1. The molecule has 1 aliphatic heterocycles. The van der Waals surface area contributed by atoms with Crippen molar-refractivity contribution in [2.75, 3.05) is 13.1 Å². The van der Waals surface area contributed by atoms with Gasteiger partial charge in [-0.15, -0.1) is 0 Å². The van der Waals surface area contributed by atoms with Crippen LogP contribution < -0.4 is 0 Å². The molecule has 0 aliphatic carbocycles. The summed E-state index contributed by atoms with van der Waals surface area (Å²) in [6, 6.07) is 4.35. The minimum atomic E-state index is -0.857. The van der Waals surface area contributed by atoms with Crippen LogP contribution in [0.1, 0.15) is 35.7 Å². The molecule has 6 nitrogen and oxygen atoms in total. The number of hydrogen-bond donors (Lipinski definition) is 1. The van der Waals surface area contributed by atoms with Crippen LogP contribution in [0.3, 0.4) is 0 Å². The molecule has 1 fully saturated rings. The highest BCUT2D eigenvalue weighted by atomic mass is 16.6. The van der Waals surface area contributed by atoms with E-state index in [9.17, 15) is 20.0 Å². The molecular formula is C14H18N2O4. The van der Waals surface area contributed by atoms with E-state index in [1.54, 1.807) is 18.7 Å². The van der Waals surface area contributed by atoms with Crippen LogP contribution in [0.2, 0.25) is 0 Å². The van der Waals surface area contributed by atoms with Crippen molar-refractivity contribution in [3.05, 3.63) is 39.4 Å². The van der Waals surface area contributed by atoms with Gasteiger partial charge in [-0.3, -0.25) is 14.9 Å². The van der Waals surface area contributed by atoms with Crippen LogP contribution in [0.4, 0.5) is 5.69 Å². The Balaban J connectivity index is 2.21. The fourth-order valence-electron chi connectivity index (χ4n) is 2.57. The second kappa shape index (κ2) is 5.20. The topological polar surface area (TPSA) is 83.7 Å². The second-order valence-corrected chi connectivity index (χ2v) is 5.59. The summed E-state index contributed by atoms with van der Waals surface area (Å²) in [5, 5.41) is 20.8. The lowest BCUT2D eigenvalue weighted by atomic mass is 9.94. The molecule has 0 radical (unpaired) electrons. The number of rotatable bonds is 2. The van der Waals surface area contributed by atoms with Crippen LogP contribution in [-0.2, 0) is 0 Å². The zero-order valence-electron chi connectivity index (χ0n) is 11.6. The SMILES string of the molecule is Cc1cc(C(=O)N2CCCC(C)(O)C2)ccc1[N+](=O)[O-]. The molecule has 1 amide bonds. The van der Waals surface area contributed by atoms with Crippen LogP contribution >= 0.6 is 0 Å². The van der Waals surface area contributed by atoms with Crippen molar-refractivity contribution < 1.29 is 14.8 Å². The van der Waals surface area contributed by atoms with Gasteiger partial charge in [-0.25, -0.2) is 0 Å². The van der Waals surface area contributed by atoms with Gasteiger partial charge in [0.1, 0.15) is 0 Å². The number of amides is 1. The van der Waals surface area contributed by atoms with Crippen molar-refractivity contribution in [3.63, 3.8) is 0 Å². The monoisotopic (exact) mass is 278 g/mol. The van der Waals surface area contributed by atoms with Gasteiger partial charge in [-0.05, 0) is 38.8 Å². The summed E-state index contributed by atoms with van der Waals surface area (Å²) < 4.78 is 0. The highest BCUT2D eigenvalue weighted by Crippen LogP contribution is 2.24. The van der Waals surface area contributed by atoms with Crippen LogP contribution in [0.15, 0.2) is 18.2 Å². The van der Waals surface area contributed by atoms with Crippen LogP contribution in [0, 0.1) is 17.0 Å². The Bertz CT molecular complexity index is 554. The lowest BCUT2D eigenvalue weighted by Gasteiger charge is -2.36. The van der Waals surface area contributed by atoms with Gasteiger partial charge in [-0.2, -0.15) is 0 Å². The molecule has 1 N–H and O–H groups in total. The highest BCUT2D eigenvalue weighted by molar-refractivity contribution is 5.94. The molecule has 0 saturated carbocycles. The lowest BCUT2D eigenvalue weighted by Crippen LogP contribution is -2.48. The second-order valence-electron chi connectivity index (χ2n) is 5.59. The molecular weight excluding hydrogens is 260 g/mol. The molecule has 1 heterocycles. The summed E-state index contributed by atoms with van der Waals surface area (Å²) in [4.78, 5) is 24.3. The standard InChI is InChI=1S/C14H18N2O4/c1-10-8-11(4-5-12(10)16(19)20)13(17)15-7-3-6-14(2,18)9-15/h4-5,8,18H,3,6-7,9H2,1-2H3. The van der Waals surface area contributed by atoms with Gasteiger partial charge >= 0.3 is 0 Å². The third-order valence-electron chi connectivity index (χ3n) is 3.60. The van der Waals surface area contributed by atoms with Gasteiger partial charge in [0.25, 0.3) is 11.6 Å². The number of carbonyl (C=O) groups excluding carboxylic acids is 1. The van der Waals surface area contributed by atoms with E-state index in [2.05, 4.69) is 0 Å². The van der Waals surface area contributed by atoms with Crippen LogP contribution in [0.25, 0.3) is 0 Å². The Hall–Kier alpha value is -1.95. The van der Waals surface area contributed by atoms with Crippen LogP contribution in [-0.4, -0.2) is 39.5 Å². The number of likely N-dealkylation sites (tertiary alicyclic amines) is 1. The Labute approximate surface area is 117 Å². The van der Waals surface area contributed by atoms with Gasteiger partial charge in [-0.1, -0.05) is 0 Å². The van der Waals surface area contributed by atoms with Crippen molar-refractivity contribution in [3.8, 4) is 0 Å². The van der Waals surface area contributed by atoms with E-state index < -0.39 is 10.5 Å². The molecule has 1 saturated heterocycles. The number of nitro groups is 1. The van der Waals surface area contributed by atoms with Crippen molar-refractivity contribution >= 4 is 11.6 Å². The zero-order chi connectivity index (χ0) is 14.9. The predicted molar refractivity (Wildman–Crippen MR) is 73.6 cm³/mol. The largest absolute Gasteiger partial charge is 0.388 e. The van der Waals surface area contributed by atoms with Crippen molar-refractivity contribution in [1.82, 2.24) is 4.90 Å². The minimum Gasteiger partial charge on any atom is -0.388 e. The molecule has 108 valence electrons. The molecule has 0 spiro atoms. The maximum absolute atomic E-state index is 12.4. The molecule has 20 heavy (non-hydrogen) atoms. The number of piperidine rings is 1. The number of hydrogen-bond acceptors (Lipinski definition) is 4. The number of aliphatic hydroxyl groups is 1. The summed E-state index contributed by atoms with van der Waals surface area (Å²) in [5.41, 5.74) is 0.0339. The van der Waals surface area contributed by atoms with Gasteiger partial charge < -0.3 is 10.0 Å². The number of nitrogens with zero attached hydrogens (tertiary/aromatic N) is 2. The van der Waals surface area contributed by atoms with Gasteiger partial charge in [0.15, 0.2) is 0 Å². The van der Waals surface area contributed by atoms with Crippen molar-refractivity contribution in [1.29, 1.82) is 0 Å². The predicted octanol–water partition coefficient (Wildman–Crippen LogP) is 1.89. The molecule has 6 heteroatoms. The average Bonchev–Trinajstić information content (AvgIpc) is 2.36. The van der Waals surface area contributed by atoms with Gasteiger partial charge in [0.2, 0.25) is 0 Å². The summed E-state index contributed by atoms with van der Waals surface area (Å²) in [6.45, 7) is 4.22. The number of nitro benzene ring substituents is 1. The maximum atomic E-state index is 12.4. The van der Waals surface area contributed by atoms with E-state index in [0.717, 1.165) is 6.42 Å². The van der Waals surface area contributed by atoms with E-state index in [-0.39, 0.29) is 11.6 Å². The Morgan fingerprint density at radius 1 is 1.50 bits per heavy atom. The van der Waals surface area contributed by atoms with E-state index in [4.69, 9.17) is 0 Å². The highest BCUT2D eigenvalue weighted by Gasteiger charge is 2.31. The first-order chi connectivity index (χ1) is 9.30. The van der Waals surface area contributed by atoms with Crippen LogP contribution in [0.5, 0.6) is 0 Å². The molecule has 1 unspecified atom stereocenters. The lowest BCUT2D eigenvalue weighted by molar-refractivity contribution is -0.385. The van der Waals surface area contributed by atoms with Gasteiger partial charge in [0.05, 0.1) is 10.5 Å². The summed E-state index contributed by atoms with van der Waals surface area (Å²) in [6.07, 6.45) is 1.43. The maximum Gasteiger partial charge on any atom is 0.272 e. The number of carbonyl (C=O) groups is 1. The smallest absolute Gasteiger partial charge is 0.272 e. The summed E-state index contributed by atoms with van der Waals surface area (Å²) in [7, 11) is 0. The summed E-state index contributed by atoms with van der Waals surface area (Å²) in [5.74, 6) is -0.192. The third kappa shape index (κ3) is 2.96. The first kappa shape index (κ1) is 14.5. The minimum absolute atomic E-state index is 0.00666.